The maximum atomic E-state index is 2.88. The van der Waals surface area contributed by atoms with Crippen molar-refractivity contribution in [3.05, 3.63) is 144 Å². The third-order valence-electron chi connectivity index (χ3n) is 15.7. The van der Waals surface area contributed by atoms with E-state index in [1.54, 1.807) is 22.3 Å². The van der Waals surface area contributed by atoms with Gasteiger partial charge in [0.05, 0.1) is 22.5 Å². The zero-order valence-corrected chi connectivity index (χ0v) is 34.2. The number of allylic oxidation sites excluding steroid dienone is 2. The van der Waals surface area contributed by atoms with E-state index in [0.717, 1.165) is 0 Å². The van der Waals surface area contributed by atoms with Gasteiger partial charge in [0.15, 0.2) is 0 Å². The van der Waals surface area contributed by atoms with Gasteiger partial charge in [-0.25, -0.2) is 0 Å². The van der Waals surface area contributed by atoms with Crippen LogP contribution in [0.3, 0.4) is 0 Å². The predicted molar refractivity (Wildman–Crippen MR) is 246 cm³/mol. The van der Waals surface area contributed by atoms with Crippen molar-refractivity contribution >= 4 is 55.4 Å². The monoisotopic (exact) mass is 756 g/mol. The van der Waals surface area contributed by atoms with Crippen molar-refractivity contribution in [2.75, 3.05) is 9.80 Å². The number of rotatable bonds is 3. The second-order valence-electron chi connectivity index (χ2n) is 18.6. The molecule has 2 heteroatoms. The van der Waals surface area contributed by atoms with Gasteiger partial charge in [-0.1, -0.05) is 123 Å². The first-order valence-electron chi connectivity index (χ1n) is 23.1. The molecule has 0 bridgehead atoms. The summed E-state index contributed by atoms with van der Waals surface area (Å²) in [5, 5.41) is 5.59. The van der Waals surface area contributed by atoms with Crippen LogP contribution in [0.4, 0.5) is 22.7 Å². The molecule has 2 nitrogen and oxygen atoms in total. The highest BCUT2D eigenvalue weighted by Gasteiger charge is 2.50. The Hall–Kier alpha value is -5.08. The van der Waals surface area contributed by atoms with Crippen molar-refractivity contribution in [3.63, 3.8) is 0 Å². The summed E-state index contributed by atoms with van der Waals surface area (Å²) >= 11 is 0. The molecule has 2 saturated carbocycles. The molecule has 2 spiro atoms. The Morgan fingerprint density at radius 1 is 0.328 bits per heavy atom. The topological polar surface area (TPSA) is 6.48 Å². The molecule has 6 aromatic carbocycles. The van der Waals surface area contributed by atoms with Gasteiger partial charge in [-0.3, -0.25) is 0 Å². The number of nitrogens with zero attached hydrogens (tertiary/aromatic N) is 2. The standard InChI is InChI=1S/C56H56N2/c1-5-21-39(22-6-1)57-53-45-29-11-9-25-41(45)47(37-49(53)43-27-13-15-31-51(43)55(57)33-17-3-18-34-55)48-38-50-44-28-14-16-32-52(44)56(35-19-4-20-36-56)58(40-23-7-2-8-24-40)54(50)46-30-12-10-26-42(46)48/h1-2,5-12,21-26,29-30,37-38H,3-4,13-20,27-28,31-36H2. The fourth-order valence-corrected chi connectivity index (χ4v) is 13.5. The highest BCUT2D eigenvalue weighted by atomic mass is 15.2. The summed E-state index contributed by atoms with van der Waals surface area (Å²) in [4.78, 5) is 5.76. The minimum Gasteiger partial charge on any atom is -0.330 e. The van der Waals surface area contributed by atoms with E-state index in [1.807, 2.05) is 0 Å². The van der Waals surface area contributed by atoms with Gasteiger partial charge >= 0.3 is 0 Å². The Labute approximate surface area is 345 Å². The molecule has 0 radical (unpaired) electrons. The molecule has 0 aromatic heterocycles. The van der Waals surface area contributed by atoms with E-state index in [1.165, 1.54) is 182 Å². The third kappa shape index (κ3) is 5.02. The molecule has 2 aliphatic heterocycles. The van der Waals surface area contributed by atoms with E-state index in [2.05, 4.69) is 131 Å². The molecule has 12 rings (SSSR count). The van der Waals surface area contributed by atoms with E-state index in [-0.39, 0.29) is 11.1 Å². The Bertz CT molecular complexity index is 2450. The molecule has 0 unspecified atom stereocenters. The SMILES string of the molecule is c1ccc(N2c3c(cc(-c4cc5c(c6ccccc46)N(c4ccccc4)C4(CCCCC4)C4=C5CCCC4)c4ccccc34)C3=C(CCCC3)C23CCCCC3)cc1. The second-order valence-corrected chi connectivity index (χ2v) is 18.6. The fourth-order valence-electron chi connectivity index (χ4n) is 13.5. The lowest BCUT2D eigenvalue weighted by molar-refractivity contribution is 0.323. The number of para-hydroxylation sites is 2. The largest absolute Gasteiger partial charge is 0.330 e. The van der Waals surface area contributed by atoms with Gasteiger partial charge in [0.2, 0.25) is 0 Å². The summed E-state index contributed by atoms with van der Waals surface area (Å²) in [6.45, 7) is 0. The molecule has 0 N–H and O–H groups in total. The molecule has 58 heavy (non-hydrogen) atoms. The van der Waals surface area contributed by atoms with Crippen LogP contribution in [0, 0.1) is 0 Å². The normalized spacial score (nSPS) is 21.0. The van der Waals surface area contributed by atoms with E-state index in [4.69, 9.17) is 0 Å². The third-order valence-corrected chi connectivity index (χ3v) is 15.7. The molecule has 4 aliphatic carbocycles. The Morgan fingerprint density at radius 3 is 1.10 bits per heavy atom. The van der Waals surface area contributed by atoms with E-state index in [9.17, 15) is 0 Å². The van der Waals surface area contributed by atoms with Crippen LogP contribution in [0.1, 0.15) is 127 Å². The first-order chi connectivity index (χ1) is 28.8. The molecule has 6 aliphatic rings. The lowest BCUT2D eigenvalue weighted by Crippen LogP contribution is -2.52. The quantitative estimate of drug-likeness (QED) is 0.177. The van der Waals surface area contributed by atoms with Crippen LogP contribution in [0.15, 0.2) is 132 Å². The van der Waals surface area contributed by atoms with Gasteiger partial charge in [0, 0.05) is 33.3 Å². The summed E-state index contributed by atoms with van der Waals surface area (Å²) < 4.78 is 0. The lowest BCUT2D eigenvalue weighted by atomic mass is 9.65. The van der Waals surface area contributed by atoms with Crippen LogP contribution < -0.4 is 9.80 Å². The predicted octanol–water partition coefficient (Wildman–Crippen LogP) is 16.0. The number of benzene rings is 6. The summed E-state index contributed by atoms with van der Waals surface area (Å²) in [5.41, 5.74) is 18.4. The van der Waals surface area contributed by atoms with Gasteiger partial charge < -0.3 is 9.80 Å². The molecule has 290 valence electrons. The highest BCUT2D eigenvalue weighted by molar-refractivity contribution is 6.17. The average molecular weight is 757 g/mol. The maximum Gasteiger partial charge on any atom is 0.0669 e. The number of fused-ring (bicyclic) bond motifs is 10. The Kier molecular flexibility index (Phi) is 8.28. The highest BCUT2D eigenvalue weighted by Crippen LogP contribution is 2.62. The molecule has 0 amide bonds. The minimum atomic E-state index is 0.0605. The van der Waals surface area contributed by atoms with Gasteiger partial charge in [0.1, 0.15) is 0 Å². The smallest absolute Gasteiger partial charge is 0.0669 e. The molecule has 6 aromatic rings. The molecule has 2 fully saturated rings. The van der Waals surface area contributed by atoms with Gasteiger partial charge in [-0.15, -0.1) is 0 Å². The molecular formula is C56H56N2. The molecule has 0 saturated heterocycles. The first kappa shape index (κ1) is 34.9. The minimum absolute atomic E-state index is 0.0605. The van der Waals surface area contributed by atoms with Crippen LogP contribution in [0.2, 0.25) is 0 Å². The van der Waals surface area contributed by atoms with Gasteiger partial charge in [-0.2, -0.15) is 0 Å². The number of hydrogen-bond acceptors (Lipinski definition) is 2. The van der Waals surface area contributed by atoms with Crippen LogP contribution in [-0.2, 0) is 0 Å². The van der Waals surface area contributed by atoms with E-state index >= 15 is 0 Å². The van der Waals surface area contributed by atoms with Crippen LogP contribution in [-0.4, -0.2) is 11.1 Å². The first-order valence-corrected chi connectivity index (χ1v) is 23.1. The molecular weight excluding hydrogens is 701 g/mol. The second kappa shape index (κ2) is 13.8. The van der Waals surface area contributed by atoms with Crippen molar-refractivity contribution in [3.8, 4) is 11.1 Å². The van der Waals surface area contributed by atoms with Crippen molar-refractivity contribution in [1.29, 1.82) is 0 Å². The zero-order chi connectivity index (χ0) is 38.3. The maximum absolute atomic E-state index is 2.88. The van der Waals surface area contributed by atoms with Crippen molar-refractivity contribution < 1.29 is 0 Å². The Morgan fingerprint density at radius 2 is 0.690 bits per heavy atom. The summed E-state index contributed by atoms with van der Waals surface area (Å²) in [5.74, 6) is 0. The fraction of sp³-hybridized carbons (Fsp3) is 0.357. The number of hydrogen-bond donors (Lipinski definition) is 0. The summed E-state index contributed by atoms with van der Waals surface area (Å²) in [6, 6.07) is 47.4. The van der Waals surface area contributed by atoms with Crippen LogP contribution in [0.25, 0.3) is 43.8 Å². The Balaban J connectivity index is 1.18. The summed E-state index contributed by atoms with van der Waals surface area (Å²) in [6.07, 6.45) is 23.0. The average Bonchev–Trinajstić information content (AvgIpc) is 3.30. The molecule has 2 heterocycles. The van der Waals surface area contributed by atoms with Crippen molar-refractivity contribution in [2.45, 2.75) is 127 Å². The van der Waals surface area contributed by atoms with Crippen molar-refractivity contribution in [1.82, 2.24) is 0 Å². The number of anilines is 4. The zero-order valence-electron chi connectivity index (χ0n) is 34.2. The van der Waals surface area contributed by atoms with Crippen LogP contribution >= 0.6 is 0 Å². The van der Waals surface area contributed by atoms with Crippen LogP contribution in [0.5, 0.6) is 0 Å². The van der Waals surface area contributed by atoms with Crippen molar-refractivity contribution in [2.24, 2.45) is 0 Å². The lowest BCUT2D eigenvalue weighted by Gasteiger charge is -2.55. The molecule has 0 atom stereocenters. The van der Waals surface area contributed by atoms with E-state index < -0.39 is 0 Å². The van der Waals surface area contributed by atoms with Gasteiger partial charge in [0.25, 0.3) is 0 Å². The summed E-state index contributed by atoms with van der Waals surface area (Å²) in [7, 11) is 0. The van der Waals surface area contributed by atoms with E-state index in [0.29, 0.717) is 0 Å². The van der Waals surface area contributed by atoms with Gasteiger partial charge in [-0.05, 0) is 158 Å².